The van der Waals surface area contributed by atoms with Crippen LogP contribution < -0.4 is 10.1 Å². The summed E-state index contributed by atoms with van der Waals surface area (Å²) < 4.78 is 7.59. The number of para-hydroxylation sites is 1. The highest BCUT2D eigenvalue weighted by Gasteiger charge is 2.20. The van der Waals surface area contributed by atoms with E-state index in [-0.39, 0.29) is 17.1 Å². The lowest BCUT2D eigenvalue weighted by Gasteiger charge is -2.23. The number of carbonyl (C=O) groups excluding carboxylic acids is 1. The van der Waals surface area contributed by atoms with Crippen molar-refractivity contribution in [1.29, 1.82) is 0 Å². The van der Waals surface area contributed by atoms with E-state index < -0.39 is 0 Å². The Balaban J connectivity index is 1.60. The lowest BCUT2D eigenvalue weighted by atomic mass is 9.86. The van der Waals surface area contributed by atoms with E-state index in [1.54, 1.807) is 0 Å². The second-order valence-corrected chi connectivity index (χ2v) is 10.5. The summed E-state index contributed by atoms with van der Waals surface area (Å²) in [7, 11) is 0. The summed E-state index contributed by atoms with van der Waals surface area (Å²) >= 11 is 1.36. The number of nitrogens with one attached hydrogen (secondary N) is 1. The van der Waals surface area contributed by atoms with Crippen LogP contribution in [0.5, 0.6) is 5.75 Å². The number of nitrogens with zero attached hydrogens (tertiary/aromatic N) is 3. The number of hydrogen-bond acceptors (Lipinski definition) is 5. The number of carbonyl (C=O) groups is 1. The number of benzene rings is 3. The van der Waals surface area contributed by atoms with Crippen molar-refractivity contribution in [3.63, 3.8) is 0 Å². The first-order valence-electron chi connectivity index (χ1n) is 12.0. The molecule has 1 heterocycles. The van der Waals surface area contributed by atoms with Crippen LogP contribution in [0.4, 0.5) is 5.69 Å². The number of aromatic nitrogens is 3. The fraction of sp³-hybridized carbons (Fsp3) is 0.276. The SMILES string of the molecule is CCOc1ccc(-n2c(SCC(=O)Nc3ccccc3C(C)(C)C)nnc2-c2ccc(C)cc2)cc1. The molecule has 0 aliphatic rings. The molecule has 0 atom stereocenters. The van der Waals surface area contributed by atoms with Crippen LogP contribution in [0.1, 0.15) is 38.8 Å². The number of amides is 1. The molecular formula is C29H32N4O2S. The number of hydrogen-bond donors (Lipinski definition) is 1. The van der Waals surface area contributed by atoms with Crippen LogP contribution in [0.15, 0.2) is 78.0 Å². The summed E-state index contributed by atoms with van der Waals surface area (Å²) in [6, 6.07) is 23.9. The molecule has 0 spiro atoms. The number of anilines is 1. The third-order valence-corrected chi connectivity index (χ3v) is 6.62. The maximum Gasteiger partial charge on any atom is 0.234 e. The first-order valence-corrected chi connectivity index (χ1v) is 13.0. The molecule has 4 aromatic rings. The van der Waals surface area contributed by atoms with Crippen molar-refractivity contribution in [2.75, 3.05) is 17.7 Å². The first-order chi connectivity index (χ1) is 17.3. The van der Waals surface area contributed by atoms with Crippen LogP contribution in [0, 0.1) is 6.92 Å². The highest BCUT2D eigenvalue weighted by atomic mass is 32.2. The second kappa shape index (κ2) is 11.0. The van der Waals surface area contributed by atoms with Crippen molar-refractivity contribution in [3.8, 4) is 22.8 Å². The van der Waals surface area contributed by atoms with Crippen LogP contribution in [-0.2, 0) is 10.2 Å². The third kappa shape index (κ3) is 5.97. The van der Waals surface area contributed by atoms with E-state index in [0.29, 0.717) is 11.8 Å². The zero-order chi connectivity index (χ0) is 25.7. The molecule has 7 heteroatoms. The van der Waals surface area contributed by atoms with E-state index >= 15 is 0 Å². The van der Waals surface area contributed by atoms with Gasteiger partial charge in [-0.15, -0.1) is 10.2 Å². The van der Waals surface area contributed by atoms with Gasteiger partial charge in [0.1, 0.15) is 5.75 Å². The standard InChI is InChI=1S/C29H32N4O2S/c1-6-35-23-17-15-22(16-18-23)33-27(21-13-11-20(2)12-14-21)31-32-28(33)36-19-26(34)30-25-10-8-7-9-24(25)29(3,4)5/h7-18H,6,19H2,1-5H3,(H,30,34). The fourth-order valence-electron chi connectivity index (χ4n) is 3.91. The molecule has 3 aromatic carbocycles. The molecule has 186 valence electrons. The Morgan fingerprint density at radius 2 is 1.67 bits per heavy atom. The molecule has 6 nitrogen and oxygen atoms in total. The minimum Gasteiger partial charge on any atom is -0.494 e. The van der Waals surface area contributed by atoms with Gasteiger partial charge in [0.25, 0.3) is 0 Å². The van der Waals surface area contributed by atoms with Gasteiger partial charge in [-0.05, 0) is 55.2 Å². The van der Waals surface area contributed by atoms with Crippen molar-refractivity contribution in [2.24, 2.45) is 0 Å². The topological polar surface area (TPSA) is 69.0 Å². The molecule has 0 fully saturated rings. The molecule has 0 radical (unpaired) electrons. The Labute approximate surface area is 217 Å². The minimum atomic E-state index is -0.0881. The zero-order valence-corrected chi connectivity index (χ0v) is 22.2. The third-order valence-electron chi connectivity index (χ3n) is 5.69. The van der Waals surface area contributed by atoms with Crippen LogP contribution in [0.25, 0.3) is 17.1 Å². The Morgan fingerprint density at radius 3 is 2.33 bits per heavy atom. The Hall–Kier alpha value is -3.58. The average Bonchev–Trinajstić information content (AvgIpc) is 3.27. The lowest BCUT2D eigenvalue weighted by Crippen LogP contribution is -2.20. The molecule has 4 rings (SSSR count). The zero-order valence-electron chi connectivity index (χ0n) is 21.4. The van der Waals surface area contributed by atoms with Crippen molar-refractivity contribution in [3.05, 3.63) is 83.9 Å². The van der Waals surface area contributed by atoms with Crippen molar-refractivity contribution in [2.45, 2.75) is 45.2 Å². The quantitative estimate of drug-likeness (QED) is 0.274. The maximum atomic E-state index is 12.9. The first kappa shape index (κ1) is 25.5. The molecule has 0 bridgehead atoms. The highest BCUT2D eigenvalue weighted by Crippen LogP contribution is 2.31. The van der Waals surface area contributed by atoms with E-state index in [4.69, 9.17) is 4.74 Å². The monoisotopic (exact) mass is 500 g/mol. The van der Waals surface area contributed by atoms with Crippen molar-refractivity contribution in [1.82, 2.24) is 14.8 Å². The predicted octanol–water partition coefficient (Wildman–Crippen LogP) is 6.67. The van der Waals surface area contributed by atoms with Crippen LogP contribution in [-0.4, -0.2) is 33.0 Å². The van der Waals surface area contributed by atoms with E-state index in [2.05, 4.69) is 61.4 Å². The second-order valence-electron chi connectivity index (χ2n) is 9.57. The maximum absolute atomic E-state index is 12.9. The summed E-state index contributed by atoms with van der Waals surface area (Å²) in [5.41, 5.74) is 4.89. The molecule has 0 saturated heterocycles. The van der Waals surface area contributed by atoms with Crippen LogP contribution in [0.2, 0.25) is 0 Å². The van der Waals surface area contributed by atoms with Gasteiger partial charge in [-0.25, -0.2) is 0 Å². The van der Waals surface area contributed by atoms with E-state index in [1.807, 2.05) is 66.1 Å². The average molecular weight is 501 g/mol. The van der Waals surface area contributed by atoms with Gasteiger partial charge in [0, 0.05) is 16.9 Å². The largest absolute Gasteiger partial charge is 0.494 e. The Kier molecular flexibility index (Phi) is 7.79. The van der Waals surface area contributed by atoms with Gasteiger partial charge in [0.15, 0.2) is 11.0 Å². The van der Waals surface area contributed by atoms with Gasteiger partial charge in [-0.1, -0.05) is 80.6 Å². The number of aryl methyl sites for hydroxylation is 1. The fourth-order valence-corrected chi connectivity index (χ4v) is 4.66. The van der Waals surface area contributed by atoms with Gasteiger partial charge in [0.2, 0.25) is 5.91 Å². The molecule has 1 N–H and O–H groups in total. The number of rotatable bonds is 8. The van der Waals surface area contributed by atoms with Gasteiger partial charge in [-0.3, -0.25) is 9.36 Å². The van der Waals surface area contributed by atoms with Crippen LogP contribution in [0.3, 0.4) is 0 Å². The molecular weight excluding hydrogens is 468 g/mol. The summed E-state index contributed by atoms with van der Waals surface area (Å²) in [6.45, 7) is 11.0. The van der Waals surface area contributed by atoms with E-state index in [0.717, 1.165) is 34.1 Å². The van der Waals surface area contributed by atoms with Gasteiger partial charge in [0.05, 0.1) is 12.4 Å². The van der Waals surface area contributed by atoms with Crippen molar-refractivity contribution < 1.29 is 9.53 Å². The predicted molar refractivity (Wildman–Crippen MR) is 147 cm³/mol. The number of thioether (sulfide) groups is 1. The Morgan fingerprint density at radius 1 is 0.972 bits per heavy atom. The molecule has 0 aliphatic carbocycles. The molecule has 0 aliphatic heterocycles. The molecule has 0 unspecified atom stereocenters. The number of ether oxygens (including phenoxy) is 1. The molecule has 1 amide bonds. The summed E-state index contributed by atoms with van der Waals surface area (Å²) in [5, 5.41) is 12.7. The lowest BCUT2D eigenvalue weighted by molar-refractivity contribution is -0.113. The normalized spacial score (nSPS) is 11.4. The molecule has 36 heavy (non-hydrogen) atoms. The van der Waals surface area contributed by atoms with Crippen molar-refractivity contribution >= 4 is 23.4 Å². The highest BCUT2D eigenvalue weighted by molar-refractivity contribution is 7.99. The summed E-state index contributed by atoms with van der Waals surface area (Å²) in [4.78, 5) is 12.9. The molecule has 1 aromatic heterocycles. The van der Waals surface area contributed by atoms with E-state index in [1.165, 1.54) is 17.3 Å². The smallest absolute Gasteiger partial charge is 0.234 e. The minimum absolute atomic E-state index is 0.0756. The van der Waals surface area contributed by atoms with Gasteiger partial charge >= 0.3 is 0 Å². The Bertz CT molecular complexity index is 1320. The molecule has 0 saturated carbocycles. The van der Waals surface area contributed by atoms with E-state index in [9.17, 15) is 4.79 Å². The van der Waals surface area contributed by atoms with Gasteiger partial charge in [-0.2, -0.15) is 0 Å². The van der Waals surface area contributed by atoms with Gasteiger partial charge < -0.3 is 10.1 Å². The summed E-state index contributed by atoms with van der Waals surface area (Å²) in [6.07, 6.45) is 0. The summed E-state index contributed by atoms with van der Waals surface area (Å²) in [5.74, 6) is 1.65. The van der Waals surface area contributed by atoms with Crippen LogP contribution >= 0.6 is 11.8 Å².